The van der Waals surface area contributed by atoms with E-state index in [1.54, 1.807) is 12.1 Å². The van der Waals surface area contributed by atoms with E-state index in [0.29, 0.717) is 5.41 Å². The van der Waals surface area contributed by atoms with Crippen LogP contribution >= 0.6 is 0 Å². The summed E-state index contributed by atoms with van der Waals surface area (Å²) in [6.07, 6.45) is 2.82. The van der Waals surface area contributed by atoms with Gasteiger partial charge in [-0.3, -0.25) is 0 Å². The second-order valence-electron chi connectivity index (χ2n) is 5.21. The van der Waals surface area contributed by atoms with Gasteiger partial charge in [0.25, 0.3) is 0 Å². The fraction of sp³-hybridized carbons (Fsp3) is 1.00. The SMILES string of the molecule is CCC[SiH](CCC)CC(C)(C)C. The van der Waals surface area contributed by atoms with Crippen LogP contribution in [0.15, 0.2) is 0 Å². The van der Waals surface area contributed by atoms with Crippen LogP contribution in [0.5, 0.6) is 0 Å². The Labute approximate surface area is 80.4 Å². The molecule has 0 aromatic carbocycles. The molecule has 0 amide bonds. The smallest absolute Gasteiger partial charge is 0.0372 e. The van der Waals surface area contributed by atoms with E-state index in [4.69, 9.17) is 0 Å². The van der Waals surface area contributed by atoms with Crippen LogP contribution in [-0.4, -0.2) is 8.80 Å². The van der Waals surface area contributed by atoms with Crippen LogP contribution in [0.2, 0.25) is 18.1 Å². The van der Waals surface area contributed by atoms with Crippen molar-refractivity contribution in [3.8, 4) is 0 Å². The summed E-state index contributed by atoms with van der Waals surface area (Å²) in [7, 11) is -0.359. The second kappa shape index (κ2) is 5.79. The Morgan fingerprint density at radius 3 is 1.58 bits per heavy atom. The molecule has 0 fully saturated rings. The summed E-state index contributed by atoms with van der Waals surface area (Å²) >= 11 is 0. The van der Waals surface area contributed by atoms with Crippen molar-refractivity contribution in [2.45, 2.75) is 65.6 Å². The van der Waals surface area contributed by atoms with Crippen molar-refractivity contribution in [1.82, 2.24) is 0 Å². The molecule has 0 aliphatic carbocycles. The predicted octanol–water partition coefficient (Wildman–Crippen LogP) is 4.08. The zero-order valence-electron chi connectivity index (χ0n) is 9.61. The van der Waals surface area contributed by atoms with Crippen LogP contribution in [-0.2, 0) is 0 Å². The average Bonchev–Trinajstić information content (AvgIpc) is 1.84. The van der Waals surface area contributed by atoms with Gasteiger partial charge in [-0.25, -0.2) is 0 Å². The molecule has 0 atom stereocenters. The highest BCUT2D eigenvalue weighted by atomic mass is 28.3. The van der Waals surface area contributed by atoms with E-state index in [1.807, 2.05) is 0 Å². The molecule has 0 heterocycles. The summed E-state index contributed by atoms with van der Waals surface area (Å²) in [5.41, 5.74) is 0.585. The molecule has 0 aromatic rings. The van der Waals surface area contributed by atoms with E-state index in [9.17, 15) is 0 Å². The molecule has 0 aliphatic heterocycles. The molecule has 0 spiro atoms. The van der Waals surface area contributed by atoms with Crippen LogP contribution in [0, 0.1) is 5.41 Å². The fourth-order valence-corrected chi connectivity index (χ4v) is 6.09. The molecule has 1 heteroatoms. The lowest BCUT2D eigenvalue weighted by Crippen LogP contribution is -2.20. The van der Waals surface area contributed by atoms with Crippen LogP contribution in [0.3, 0.4) is 0 Å². The molecule has 0 N–H and O–H groups in total. The highest BCUT2D eigenvalue weighted by Gasteiger charge is 2.18. The van der Waals surface area contributed by atoms with E-state index >= 15 is 0 Å². The molecule has 0 bridgehead atoms. The van der Waals surface area contributed by atoms with Gasteiger partial charge in [0.1, 0.15) is 0 Å². The number of hydrogen-bond acceptors (Lipinski definition) is 0. The van der Waals surface area contributed by atoms with Crippen molar-refractivity contribution in [3.63, 3.8) is 0 Å². The lowest BCUT2D eigenvalue weighted by atomic mass is 10.0. The molecule has 0 aliphatic rings. The largest absolute Gasteiger partial charge is 0.0657 e. The van der Waals surface area contributed by atoms with Gasteiger partial charge >= 0.3 is 0 Å². The van der Waals surface area contributed by atoms with Crippen molar-refractivity contribution >= 4 is 8.80 Å². The van der Waals surface area contributed by atoms with Crippen LogP contribution in [0.1, 0.15) is 47.5 Å². The highest BCUT2D eigenvalue weighted by molar-refractivity contribution is 6.58. The first kappa shape index (κ1) is 12.2. The van der Waals surface area contributed by atoms with Gasteiger partial charge in [0.2, 0.25) is 0 Å². The Bertz CT molecular complexity index is 96.1. The van der Waals surface area contributed by atoms with E-state index in [0.717, 1.165) is 0 Å². The lowest BCUT2D eigenvalue weighted by Gasteiger charge is -2.24. The topological polar surface area (TPSA) is 0 Å². The summed E-state index contributed by atoms with van der Waals surface area (Å²) in [5, 5.41) is 0. The highest BCUT2D eigenvalue weighted by Crippen LogP contribution is 2.25. The molecule has 0 nitrogen and oxygen atoms in total. The fourth-order valence-electron chi connectivity index (χ4n) is 2.03. The van der Waals surface area contributed by atoms with E-state index < -0.39 is 0 Å². The van der Waals surface area contributed by atoms with Crippen LogP contribution < -0.4 is 0 Å². The van der Waals surface area contributed by atoms with Crippen molar-refractivity contribution < 1.29 is 0 Å². The molecule has 0 unspecified atom stereocenters. The molecule has 0 aromatic heterocycles. The zero-order chi connectivity index (χ0) is 9.61. The van der Waals surface area contributed by atoms with Gasteiger partial charge in [0, 0.05) is 8.80 Å². The number of hydrogen-bond donors (Lipinski definition) is 0. The Kier molecular flexibility index (Phi) is 5.90. The van der Waals surface area contributed by atoms with Gasteiger partial charge in [-0.2, -0.15) is 0 Å². The first-order valence-corrected chi connectivity index (χ1v) is 7.94. The Hall–Kier alpha value is 0.217. The average molecular weight is 186 g/mol. The van der Waals surface area contributed by atoms with E-state index in [-0.39, 0.29) is 8.80 Å². The lowest BCUT2D eigenvalue weighted by molar-refractivity contribution is 0.462. The third kappa shape index (κ3) is 6.90. The summed E-state index contributed by atoms with van der Waals surface area (Å²) < 4.78 is 0. The minimum absolute atomic E-state index is 0.359. The van der Waals surface area contributed by atoms with Crippen molar-refractivity contribution in [2.75, 3.05) is 0 Å². The summed E-state index contributed by atoms with van der Waals surface area (Å²) in [6, 6.07) is 4.66. The zero-order valence-corrected chi connectivity index (χ0v) is 10.8. The first-order valence-electron chi connectivity index (χ1n) is 5.49. The van der Waals surface area contributed by atoms with Gasteiger partial charge in [-0.15, -0.1) is 0 Å². The van der Waals surface area contributed by atoms with Crippen molar-refractivity contribution in [3.05, 3.63) is 0 Å². The molecule has 12 heavy (non-hydrogen) atoms. The molecular formula is C11H26Si. The maximum absolute atomic E-state index is 2.39. The quantitative estimate of drug-likeness (QED) is 0.568. The standard InChI is InChI=1S/C11H26Si/c1-6-8-12(9-7-2)10-11(3,4)5/h12H,6-10H2,1-5H3. The summed E-state index contributed by atoms with van der Waals surface area (Å²) in [4.78, 5) is 0. The van der Waals surface area contributed by atoms with Crippen molar-refractivity contribution in [1.29, 1.82) is 0 Å². The Balaban J connectivity index is 3.77. The predicted molar refractivity (Wildman–Crippen MR) is 61.6 cm³/mol. The van der Waals surface area contributed by atoms with Gasteiger partial charge in [-0.1, -0.05) is 65.6 Å². The molecule has 74 valence electrons. The summed E-state index contributed by atoms with van der Waals surface area (Å²) in [6.45, 7) is 11.8. The maximum Gasteiger partial charge on any atom is 0.0372 e. The van der Waals surface area contributed by atoms with Crippen molar-refractivity contribution in [2.24, 2.45) is 5.41 Å². The van der Waals surface area contributed by atoms with Crippen LogP contribution in [0.4, 0.5) is 0 Å². The third-order valence-corrected chi connectivity index (χ3v) is 6.88. The van der Waals surface area contributed by atoms with Crippen LogP contribution in [0.25, 0.3) is 0 Å². The molecule has 0 rings (SSSR count). The third-order valence-electron chi connectivity index (χ3n) is 2.29. The van der Waals surface area contributed by atoms with Gasteiger partial charge in [0.15, 0.2) is 0 Å². The van der Waals surface area contributed by atoms with Gasteiger partial charge in [0.05, 0.1) is 0 Å². The monoisotopic (exact) mass is 186 g/mol. The normalized spacial score (nSPS) is 12.5. The van der Waals surface area contributed by atoms with Gasteiger partial charge < -0.3 is 0 Å². The van der Waals surface area contributed by atoms with Gasteiger partial charge in [-0.05, 0) is 5.41 Å². The molecule has 0 saturated heterocycles. The maximum atomic E-state index is 2.39. The molecule has 0 saturated carbocycles. The molecule has 0 radical (unpaired) electrons. The Morgan fingerprint density at radius 1 is 0.917 bits per heavy atom. The molecular weight excluding hydrogens is 160 g/mol. The second-order valence-corrected chi connectivity index (χ2v) is 8.50. The Morgan fingerprint density at radius 2 is 1.33 bits per heavy atom. The summed E-state index contributed by atoms with van der Waals surface area (Å²) in [5.74, 6) is 0. The minimum Gasteiger partial charge on any atom is -0.0657 e. The minimum atomic E-state index is -0.359. The number of rotatable bonds is 5. The van der Waals surface area contributed by atoms with E-state index in [1.165, 1.54) is 18.9 Å². The first-order chi connectivity index (χ1) is 5.49. The van der Waals surface area contributed by atoms with E-state index in [2.05, 4.69) is 34.6 Å².